The summed E-state index contributed by atoms with van der Waals surface area (Å²) in [6, 6.07) is 5.86. The molecule has 3 rings (SSSR count). The van der Waals surface area contributed by atoms with Gasteiger partial charge in [-0.1, -0.05) is 0 Å². The fourth-order valence-electron chi connectivity index (χ4n) is 2.66. The number of aromatic amines is 1. The largest absolute Gasteiger partial charge is 0.478 e. The van der Waals surface area contributed by atoms with Gasteiger partial charge >= 0.3 is 5.97 Å². The van der Waals surface area contributed by atoms with Crippen LogP contribution in [0.25, 0.3) is 10.2 Å². The van der Waals surface area contributed by atoms with Gasteiger partial charge < -0.3 is 20.3 Å². The number of aromatic nitrogens is 2. The second kappa shape index (κ2) is 7.29. The van der Waals surface area contributed by atoms with Crippen LogP contribution in [0.4, 0.5) is 5.69 Å². The first-order valence-corrected chi connectivity index (χ1v) is 8.89. The van der Waals surface area contributed by atoms with E-state index in [4.69, 9.17) is 5.11 Å². The van der Waals surface area contributed by atoms with Crippen LogP contribution in [0.2, 0.25) is 0 Å². The number of aryl methyl sites for hydroxylation is 1. The van der Waals surface area contributed by atoms with Gasteiger partial charge in [-0.05, 0) is 50.8 Å². The Morgan fingerprint density at radius 2 is 1.93 bits per heavy atom. The van der Waals surface area contributed by atoms with E-state index in [1.165, 1.54) is 24.3 Å². The number of hydrogen-bond donors (Lipinski definition) is 3. The number of hydrogen-bond acceptors (Lipinski definition) is 6. The van der Waals surface area contributed by atoms with Gasteiger partial charge in [0, 0.05) is 5.69 Å². The van der Waals surface area contributed by atoms with Crippen LogP contribution in [0.3, 0.4) is 0 Å². The third kappa shape index (κ3) is 3.88. The maximum absolute atomic E-state index is 12.6. The molecule has 0 bridgehead atoms. The van der Waals surface area contributed by atoms with Gasteiger partial charge in [-0.2, -0.15) is 0 Å². The number of carbonyl (C=O) groups excluding carboxylic acids is 1. The van der Waals surface area contributed by atoms with Crippen LogP contribution < -0.4 is 10.9 Å². The zero-order valence-electron chi connectivity index (χ0n) is 15.0. The summed E-state index contributed by atoms with van der Waals surface area (Å²) in [5, 5.41) is 12.1. The van der Waals surface area contributed by atoms with Gasteiger partial charge in [-0.15, -0.1) is 11.3 Å². The Balaban J connectivity index is 1.92. The summed E-state index contributed by atoms with van der Waals surface area (Å²) in [4.78, 5) is 45.9. The maximum Gasteiger partial charge on any atom is 0.335 e. The summed E-state index contributed by atoms with van der Waals surface area (Å²) in [6.07, 6.45) is 0. The first-order valence-electron chi connectivity index (χ1n) is 8.08. The van der Waals surface area contributed by atoms with E-state index < -0.39 is 5.97 Å². The number of thiophene rings is 1. The van der Waals surface area contributed by atoms with Crippen molar-refractivity contribution in [1.29, 1.82) is 0 Å². The zero-order chi connectivity index (χ0) is 19.7. The van der Waals surface area contributed by atoms with Crippen LogP contribution >= 0.6 is 11.3 Å². The lowest BCUT2D eigenvalue weighted by Gasteiger charge is -2.07. The van der Waals surface area contributed by atoms with Crippen molar-refractivity contribution in [2.45, 2.75) is 13.5 Å². The number of carbonyl (C=O) groups is 2. The molecule has 1 aromatic carbocycles. The Morgan fingerprint density at radius 1 is 1.26 bits per heavy atom. The van der Waals surface area contributed by atoms with Crippen molar-refractivity contribution >= 4 is 39.1 Å². The minimum atomic E-state index is -1.04. The normalized spacial score (nSPS) is 11.1. The molecule has 0 aliphatic heterocycles. The third-order valence-electron chi connectivity index (χ3n) is 3.91. The standard InChI is InChI=1S/C18H18N4O4S/c1-9-13-15(23)20-12(8-22(2)3)21-17(13)27-14(9)16(24)19-11-6-4-10(5-7-11)18(25)26/h4-7H,8H2,1-3H3,(H,19,24)(H,25,26)(H,20,21,23). The van der Waals surface area contributed by atoms with E-state index >= 15 is 0 Å². The number of H-pyrrole nitrogens is 1. The first-order chi connectivity index (χ1) is 12.8. The molecule has 0 aliphatic rings. The smallest absolute Gasteiger partial charge is 0.335 e. The molecule has 0 aliphatic carbocycles. The van der Waals surface area contributed by atoms with Crippen molar-refractivity contribution in [2.75, 3.05) is 19.4 Å². The lowest BCUT2D eigenvalue weighted by atomic mass is 10.2. The molecule has 0 saturated carbocycles. The predicted octanol–water partition coefficient (Wildman–Crippen LogP) is 2.31. The Kier molecular flexibility index (Phi) is 5.06. The Labute approximate surface area is 158 Å². The number of benzene rings is 1. The number of anilines is 1. The molecule has 1 amide bonds. The van der Waals surface area contributed by atoms with Crippen molar-refractivity contribution in [1.82, 2.24) is 14.9 Å². The number of fused-ring (bicyclic) bond motifs is 1. The van der Waals surface area contributed by atoms with Crippen LogP contribution in [0, 0.1) is 6.92 Å². The molecule has 140 valence electrons. The molecule has 3 aromatic rings. The van der Waals surface area contributed by atoms with E-state index in [0.29, 0.717) is 38.7 Å². The van der Waals surface area contributed by atoms with E-state index in [1.807, 2.05) is 19.0 Å². The summed E-state index contributed by atoms with van der Waals surface area (Å²) < 4.78 is 0. The van der Waals surface area contributed by atoms with Crippen LogP contribution in [-0.4, -0.2) is 45.9 Å². The molecular formula is C18H18N4O4S. The number of nitrogens with one attached hydrogen (secondary N) is 2. The minimum Gasteiger partial charge on any atom is -0.478 e. The summed E-state index contributed by atoms with van der Waals surface area (Å²) in [5.74, 6) is -0.867. The van der Waals surface area contributed by atoms with E-state index in [2.05, 4.69) is 15.3 Å². The van der Waals surface area contributed by atoms with Gasteiger partial charge in [-0.25, -0.2) is 9.78 Å². The van der Waals surface area contributed by atoms with Crippen molar-refractivity contribution in [3.8, 4) is 0 Å². The van der Waals surface area contributed by atoms with E-state index in [0.717, 1.165) is 11.3 Å². The second-order valence-corrected chi connectivity index (χ2v) is 7.32. The third-order valence-corrected chi connectivity index (χ3v) is 5.10. The first kappa shape index (κ1) is 18.7. The van der Waals surface area contributed by atoms with E-state index in [9.17, 15) is 14.4 Å². The Hall–Kier alpha value is -3.04. The number of amides is 1. The molecule has 0 fully saturated rings. The van der Waals surface area contributed by atoms with Gasteiger partial charge in [0.05, 0.1) is 22.4 Å². The minimum absolute atomic E-state index is 0.134. The number of rotatable bonds is 5. The molecular weight excluding hydrogens is 368 g/mol. The van der Waals surface area contributed by atoms with Crippen LogP contribution in [0.5, 0.6) is 0 Å². The van der Waals surface area contributed by atoms with E-state index in [-0.39, 0.29) is 17.0 Å². The highest BCUT2D eigenvalue weighted by Crippen LogP contribution is 2.28. The average molecular weight is 386 g/mol. The molecule has 0 radical (unpaired) electrons. The molecule has 0 atom stereocenters. The average Bonchev–Trinajstić information content (AvgIpc) is 2.92. The fourth-order valence-corrected chi connectivity index (χ4v) is 3.76. The van der Waals surface area contributed by atoms with Gasteiger partial charge in [-0.3, -0.25) is 9.59 Å². The van der Waals surface area contributed by atoms with Gasteiger partial charge in [0.25, 0.3) is 11.5 Å². The number of carboxylic acids is 1. The lowest BCUT2D eigenvalue weighted by Crippen LogP contribution is -2.18. The highest BCUT2D eigenvalue weighted by Gasteiger charge is 2.19. The Bertz CT molecular complexity index is 1080. The molecule has 2 aromatic heterocycles. The quantitative estimate of drug-likeness (QED) is 0.620. The molecule has 3 N–H and O–H groups in total. The summed E-state index contributed by atoms with van der Waals surface area (Å²) in [5.41, 5.74) is 0.905. The van der Waals surface area contributed by atoms with Gasteiger partial charge in [0.15, 0.2) is 0 Å². The van der Waals surface area contributed by atoms with Crippen LogP contribution in [-0.2, 0) is 6.54 Å². The monoisotopic (exact) mass is 386 g/mol. The van der Waals surface area contributed by atoms with E-state index in [1.54, 1.807) is 6.92 Å². The van der Waals surface area contributed by atoms with Gasteiger partial charge in [0.2, 0.25) is 0 Å². The summed E-state index contributed by atoms with van der Waals surface area (Å²) in [7, 11) is 3.75. The highest BCUT2D eigenvalue weighted by atomic mass is 32.1. The molecule has 0 saturated heterocycles. The van der Waals surface area contributed by atoms with Crippen LogP contribution in [0.1, 0.15) is 31.4 Å². The molecule has 0 unspecified atom stereocenters. The SMILES string of the molecule is Cc1c(C(=O)Nc2ccc(C(=O)O)cc2)sc2nc(CN(C)C)[nH]c(=O)c12. The number of carboxylic acid groups (broad SMARTS) is 1. The summed E-state index contributed by atoms with van der Waals surface area (Å²) >= 11 is 1.16. The Morgan fingerprint density at radius 3 is 2.52 bits per heavy atom. The van der Waals surface area contributed by atoms with Crippen molar-refractivity contribution in [2.24, 2.45) is 0 Å². The zero-order valence-corrected chi connectivity index (χ0v) is 15.8. The predicted molar refractivity (Wildman–Crippen MR) is 104 cm³/mol. The van der Waals surface area contributed by atoms with Crippen molar-refractivity contribution in [3.63, 3.8) is 0 Å². The summed E-state index contributed by atoms with van der Waals surface area (Å²) in [6.45, 7) is 2.20. The number of aromatic carboxylic acids is 1. The van der Waals surface area contributed by atoms with Crippen molar-refractivity contribution in [3.05, 3.63) is 56.4 Å². The van der Waals surface area contributed by atoms with Crippen molar-refractivity contribution < 1.29 is 14.7 Å². The number of nitrogens with zero attached hydrogens (tertiary/aromatic N) is 2. The highest BCUT2D eigenvalue weighted by molar-refractivity contribution is 7.20. The lowest BCUT2D eigenvalue weighted by molar-refractivity contribution is 0.0696. The second-order valence-electron chi connectivity index (χ2n) is 6.32. The molecule has 27 heavy (non-hydrogen) atoms. The molecule has 8 nitrogen and oxygen atoms in total. The maximum atomic E-state index is 12.6. The fraction of sp³-hybridized carbons (Fsp3) is 0.222. The topological polar surface area (TPSA) is 115 Å². The molecule has 9 heteroatoms. The molecule has 2 heterocycles. The van der Waals surface area contributed by atoms with Gasteiger partial charge in [0.1, 0.15) is 10.7 Å². The van der Waals surface area contributed by atoms with Crippen LogP contribution in [0.15, 0.2) is 29.1 Å². The molecule has 0 spiro atoms.